The minimum Gasteiger partial charge on any atom is -0.356 e. The van der Waals surface area contributed by atoms with Crippen molar-refractivity contribution in [2.24, 2.45) is 0 Å². The van der Waals surface area contributed by atoms with E-state index in [-0.39, 0.29) is 17.4 Å². The van der Waals surface area contributed by atoms with Crippen LogP contribution >= 0.6 is 35.0 Å². The van der Waals surface area contributed by atoms with Crippen LogP contribution < -0.4 is 5.32 Å². The van der Waals surface area contributed by atoms with Crippen molar-refractivity contribution in [3.8, 4) is 16.8 Å². The van der Waals surface area contributed by atoms with Gasteiger partial charge in [-0.2, -0.15) is 0 Å². The smallest absolute Gasteiger partial charge is 0.216 e. The zero-order chi connectivity index (χ0) is 25.5. The Bertz CT molecular complexity index is 1340. The van der Waals surface area contributed by atoms with E-state index in [1.165, 1.54) is 18.7 Å². The maximum absolute atomic E-state index is 12.9. The summed E-state index contributed by atoms with van der Waals surface area (Å²) in [5, 5.41) is 13.0. The molecule has 1 heterocycles. The average Bonchev–Trinajstić information content (AvgIpc) is 3.28. The number of carbonyl (C=O) groups is 2. The molecule has 0 spiro atoms. The van der Waals surface area contributed by atoms with E-state index in [0.29, 0.717) is 51.7 Å². The SMILES string of the molecule is CC(=O)NCCCc1nnc(SCC(=O)c2ccc(-c3ccccc3)cc2)n1-c1cc(Cl)cc(Cl)c1. The van der Waals surface area contributed by atoms with Crippen LogP contribution in [0.5, 0.6) is 0 Å². The lowest BCUT2D eigenvalue weighted by molar-refractivity contribution is -0.118. The number of hydrogen-bond donors (Lipinski definition) is 1. The van der Waals surface area contributed by atoms with E-state index in [1.54, 1.807) is 18.2 Å². The molecule has 0 fully saturated rings. The number of halogens is 2. The van der Waals surface area contributed by atoms with Gasteiger partial charge in [-0.25, -0.2) is 0 Å². The third-order valence-corrected chi connectivity index (χ3v) is 6.77. The van der Waals surface area contributed by atoms with Crippen LogP contribution in [0.15, 0.2) is 78.0 Å². The molecule has 1 N–H and O–H groups in total. The number of nitrogens with zero attached hydrogens (tertiary/aromatic N) is 3. The summed E-state index contributed by atoms with van der Waals surface area (Å²) in [4.78, 5) is 24.1. The fourth-order valence-electron chi connectivity index (χ4n) is 3.69. The maximum Gasteiger partial charge on any atom is 0.216 e. The van der Waals surface area contributed by atoms with Crippen molar-refractivity contribution in [3.63, 3.8) is 0 Å². The number of thioether (sulfide) groups is 1. The zero-order valence-corrected chi connectivity index (χ0v) is 21.9. The van der Waals surface area contributed by atoms with Crippen molar-refractivity contribution in [1.29, 1.82) is 0 Å². The monoisotopic (exact) mass is 538 g/mol. The number of carbonyl (C=O) groups excluding carboxylic acids is 2. The molecule has 0 aliphatic carbocycles. The largest absolute Gasteiger partial charge is 0.356 e. The van der Waals surface area contributed by atoms with Crippen LogP contribution in [0.4, 0.5) is 0 Å². The lowest BCUT2D eigenvalue weighted by Gasteiger charge is -2.11. The number of benzene rings is 3. The molecular weight excluding hydrogens is 515 g/mol. The average molecular weight is 539 g/mol. The fourth-order valence-corrected chi connectivity index (χ4v) is 5.07. The summed E-state index contributed by atoms with van der Waals surface area (Å²) < 4.78 is 1.86. The van der Waals surface area contributed by atoms with Crippen molar-refractivity contribution >= 4 is 46.7 Å². The number of Topliss-reactive ketones (excluding diaryl/α,β-unsaturated/α-hetero) is 1. The van der Waals surface area contributed by atoms with Crippen LogP contribution in [0.1, 0.15) is 29.5 Å². The first-order valence-electron chi connectivity index (χ1n) is 11.4. The van der Waals surface area contributed by atoms with E-state index in [2.05, 4.69) is 15.5 Å². The number of aryl methyl sites for hydroxylation is 1. The van der Waals surface area contributed by atoms with Gasteiger partial charge < -0.3 is 5.32 Å². The lowest BCUT2D eigenvalue weighted by Crippen LogP contribution is -2.21. The summed E-state index contributed by atoms with van der Waals surface area (Å²) in [6, 6.07) is 22.8. The second-order valence-electron chi connectivity index (χ2n) is 8.10. The number of amides is 1. The number of rotatable bonds is 10. The van der Waals surface area contributed by atoms with Crippen molar-refractivity contribution in [1.82, 2.24) is 20.1 Å². The van der Waals surface area contributed by atoms with Crippen LogP contribution in [-0.4, -0.2) is 38.8 Å². The molecule has 0 saturated heterocycles. The minimum atomic E-state index is -0.0790. The van der Waals surface area contributed by atoms with E-state index in [4.69, 9.17) is 23.2 Å². The van der Waals surface area contributed by atoms with Gasteiger partial charge in [0, 0.05) is 35.5 Å². The third kappa shape index (κ3) is 6.75. The van der Waals surface area contributed by atoms with Gasteiger partial charge in [0.1, 0.15) is 5.82 Å². The molecule has 6 nitrogen and oxygen atoms in total. The van der Waals surface area contributed by atoms with Gasteiger partial charge in [0.2, 0.25) is 5.91 Å². The van der Waals surface area contributed by atoms with Crippen molar-refractivity contribution in [2.75, 3.05) is 12.3 Å². The quantitative estimate of drug-likeness (QED) is 0.146. The molecule has 4 rings (SSSR count). The molecule has 0 aliphatic rings. The first-order valence-corrected chi connectivity index (χ1v) is 13.1. The predicted molar refractivity (Wildman–Crippen MR) is 145 cm³/mol. The number of nitrogens with one attached hydrogen (secondary N) is 1. The summed E-state index contributed by atoms with van der Waals surface area (Å²) in [7, 11) is 0. The Labute approximate surface area is 224 Å². The Morgan fingerprint density at radius 1 is 0.917 bits per heavy atom. The topological polar surface area (TPSA) is 76.9 Å². The normalized spacial score (nSPS) is 10.9. The highest BCUT2D eigenvalue weighted by atomic mass is 35.5. The summed E-state index contributed by atoms with van der Waals surface area (Å²) in [6.07, 6.45) is 1.26. The Kier molecular flexibility index (Phi) is 8.80. The molecule has 36 heavy (non-hydrogen) atoms. The van der Waals surface area contributed by atoms with E-state index in [0.717, 1.165) is 11.1 Å². The number of aromatic nitrogens is 3. The molecule has 0 unspecified atom stereocenters. The zero-order valence-electron chi connectivity index (χ0n) is 19.6. The van der Waals surface area contributed by atoms with E-state index < -0.39 is 0 Å². The van der Waals surface area contributed by atoms with Crippen LogP contribution in [0.2, 0.25) is 10.0 Å². The van der Waals surface area contributed by atoms with E-state index in [1.807, 2.05) is 59.2 Å². The maximum atomic E-state index is 12.9. The summed E-state index contributed by atoms with van der Waals surface area (Å²) >= 11 is 13.8. The van der Waals surface area contributed by atoms with Crippen LogP contribution in [0, 0.1) is 0 Å². The van der Waals surface area contributed by atoms with Gasteiger partial charge in [-0.1, -0.05) is 89.6 Å². The second-order valence-corrected chi connectivity index (χ2v) is 9.92. The number of hydrogen-bond acceptors (Lipinski definition) is 5. The highest BCUT2D eigenvalue weighted by Gasteiger charge is 2.17. The highest BCUT2D eigenvalue weighted by Crippen LogP contribution is 2.28. The van der Waals surface area contributed by atoms with Gasteiger partial charge in [0.05, 0.1) is 11.4 Å². The second kappa shape index (κ2) is 12.2. The number of ketones is 1. The summed E-state index contributed by atoms with van der Waals surface area (Å²) in [6.45, 7) is 2.01. The molecule has 0 atom stereocenters. The molecular formula is C27H24Cl2N4O2S. The molecule has 1 amide bonds. The standard InChI is InChI=1S/C27H24Cl2N4O2S/c1-18(34)30-13-5-8-26-31-32-27(33(26)24-15-22(28)14-23(29)16-24)36-17-25(35)21-11-9-20(10-12-21)19-6-3-2-4-7-19/h2-4,6-7,9-12,14-16H,5,8,13,17H2,1H3,(H,30,34). The molecule has 3 aromatic carbocycles. The first-order chi connectivity index (χ1) is 17.4. The van der Waals surface area contributed by atoms with Gasteiger partial charge in [-0.15, -0.1) is 10.2 Å². The highest BCUT2D eigenvalue weighted by molar-refractivity contribution is 7.99. The van der Waals surface area contributed by atoms with E-state index >= 15 is 0 Å². The van der Waals surface area contributed by atoms with Crippen molar-refractivity contribution in [2.45, 2.75) is 24.9 Å². The first kappa shape index (κ1) is 25.9. The molecule has 0 bridgehead atoms. The van der Waals surface area contributed by atoms with Crippen molar-refractivity contribution < 1.29 is 9.59 Å². The van der Waals surface area contributed by atoms with Crippen LogP contribution in [0.25, 0.3) is 16.8 Å². The lowest BCUT2D eigenvalue weighted by atomic mass is 10.0. The van der Waals surface area contributed by atoms with Gasteiger partial charge in [-0.05, 0) is 35.7 Å². The van der Waals surface area contributed by atoms with Gasteiger partial charge in [-0.3, -0.25) is 14.2 Å². The molecule has 0 radical (unpaired) electrons. The van der Waals surface area contributed by atoms with Gasteiger partial charge in [0.25, 0.3) is 0 Å². The third-order valence-electron chi connectivity index (χ3n) is 5.40. The molecule has 1 aromatic heterocycles. The summed E-state index contributed by atoms with van der Waals surface area (Å²) in [5.41, 5.74) is 3.51. The Morgan fingerprint density at radius 2 is 1.58 bits per heavy atom. The molecule has 4 aromatic rings. The minimum absolute atomic E-state index is 0.00880. The fraction of sp³-hybridized carbons (Fsp3) is 0.185. The van der Waals surface area contributed by atoms with Gasteiger partial charge in [0.15, 0.2) is 10.9 Å². The Balaban J connectivity index is 1.50. The van der Waals surface area contributed by atoms with Crippen LogP contribution in [0.3, 0.4) is 0 Å². The molecule has 9 heteroatoms. The van der Waals surface area contributed by atoms with E-state index in [9.17, 15) is 9.59 Å². The predicted octanol–water partition coefficient (Wildman–Crippen LogP) is 6.28. The van der Waals surface area contributed by atoms with Gasteiger partial charge >= 0.3 is 0 Å². The molecule has 0 saturated carbocycles. The summed E-state index contributed by atoms with van der Waals surface area (Å²) in [5.74, 6) is 0.805. The Morgan fingerprint density at radius 3 is 2.25 bits per heavy atom. The van der Waals surface area contributed by atoms with Crippen LogP contribution in [-0.2, 0) is 11.2 Å². The molecule has 0 aliphatic heterocycles. The molecule has 184 valence electrons. The Hall–Kier alpha value is -3.13. The van der Waals surface area contributed by atoms with Crippen molar-refractivity contribution in [3.05, 3.63) is 94.2 Å².